The second-order valence-corrected chi connectivity index (χ2v) is 3.82. The maximum atomic E-state index is 11.4. The van der Waals surface area contributed by atoms with Crippen LogP contribution >= 0.6 is 0 Å². The fourth-order valence-electron chi connectivity index (χ4n) is 1.45. The van der Waals surface area contributed by atoms with Gasteiger partial charge in [0.15, 0.2) is 0 Å². The smallest absolute Gasteiger partial charge is 0.338 e. The molecule has 1 aliphatic rings. The molecule has 15 heavy (non-hydrogen) atoms. The number of carbonyl (C=O) groups excluding carboxylic acids is 1. The topological polar surface area (TPSA) is 38.8 Å². The average molecular weight is 206 g/mol. The summed E-state index contributed by atoms with van der Waals surface area (Å²) in [7, 11) is 0. The first-order chi connectivity index (χ1) is 7.15. The van der Waals surface area contributed by atoms with E-state index in [1.165, 1.54) is 0 Å². The molecule has 0 unspecified atom stereocenters. The van der Waals surface area contributed by atoms with E-state index in [0.717, 1.165) is 12.2 Å². The van der Waals surface area contributed by atoms with Crippen molar-refractivity contribution in [2.75, 3.05) is 13.2 Å². The molecule has 80 valence electrons. The molecule has 1 saturated heterocycles. The first-order valence-electron chi connectivity index (χ1n) is 5.07. The second kappa shape index (κ2) is 3.66. The van der Waals surface area contributed by atoms with Gasteiger partial charge in [-0.1, -0.05) is 12.1 Å². The zero-order valence-electron chi connectivity index (χ0n) is 8.95. The van der Waals surface area contributed by atoms with Gasteiger partial charge in [-0.3, -0.25) is 0 Å². The minimum absolute atomic E-state index is 0.132. The van der Waals surface area contributed by atoms with E-state index in [1.807, 2.05) is 19.1 Å². The van der Waals surface area contributed by atoms with Crippen LogP contribution in [0.2, 0.25) is 0 Å². The van der Waals surface area contributed by atoms with Crippen LogP contribution < -0.4 is 0 Å². The van der Waals surface area contributed by atoms with E-state index in [0.29, 0.717) is 12.2 Å². The Morgan fingerprint density at radius 3 is 2.53 bits per heavy atom. The average Bonchev–Trinajstić information content (AvgIpc) is 2.99. The van der Waals surface area contributed by atoms with Crippen molar-refractivity contribution >= 4 is 5.97 Å². The van der Waals surface area contributed by atoms with Crippen molar-refractivity contribution in [3.63, 3.8) is 0 Å². The molecule has 0 spiro atoms. The lowest BCUT2D eigenvalue weighted by Gasteiger charge is -2.06. The van der Waals surface area contributed by atoms with Crippen molar-refractivity contribution in [1.82, 2.24) is 0 Å². The van der Waals surface area contributed by atoms with Crippen LogP contribution in [0.5, 0.6) is 0 Å². The van der Waals surface area contributed by atoms with E-state index in [4.69, 9.17) is 9.47 Å². The second-order valence-electron chi connectivity index (χ2n) is 3.82. The highest BCUT2D eigenvalue weighted by Crippen LogP contribution is 2.37. The Balaban J connectivity index is 2.13. The summed E-state index contributed by atoms with van der Waals surface area (Å²) in [6.07, 6.45) is 0. The maximum Gasteiger partial charge on any atom is 0.338 e. The van der Waals surface area contributed by atoms with Gasteiger partial charge in [0.05, 0.1) is 18.8 Å². The van der Waals surface area contributed by atoms with Crippen molar-refractivity contribution in [1.29, 1.82) is 0 Å². The number of hydrogen-bond acceptors (Lipinski definition) is 3. The molecular weight excluding hydrogens is 192 g/mol. The molecule has 1 aliphatic heterocycles. The normalized spacial score (nSPS) is 23.6. The number of ether oxygens (including phenoxy) is 2. The number of hydrogen-bond donors (Lipinski definition) is 0. The van der Waals surface area contributed by atoms with Crippen molar-refractivity contribution in [3.8, 4) is 0 Å². The third kappa shape index (κ3) is 2.02. The van der Waals surface area contributed by atoms with Crippen molar-refractivity contribution in [2.24, 2.45) is 0 Å². The van der Waals surface area contributed by atoms with Crippen molar-refractivity contribution < 1.29 is 14.3 Å². The summed E-state index contributed by atoms with van der Waals surface area (Å²) in [5, 5.41) is 0. The molecule has 1 aromatic carbocycles. The van der Waals surface area contributed by atoms with Gasteiger partial charge < -0.3 is 9.47 Å². The highest BCUT2D eigenvalue weighted by atomic mass is 16.6. The molecule has 3 nitrogen and oxygen atoms in total. The third-order valence-corrected chi connectivity index (χ3v) is 2.58. The lowest BCUT2D eigenvalue weighted by Crippen LogP contribution is -2.06. The number of epoxide rings is 1. The van der Waals surface area contributed by atoms with Gasteiger partial charge in [-0.25, -0.2) is 4.79 Å². The number of esters is 1. The van der Waals surface area contributed by atoms with Crippen molar-refractivity contribution in [2.45, 2.75) is 19.4 Å². The molecule has 3 heteroatoms. The van der Waals surface area contributed by atoms with Gasteiger partial charge in [-0.2, -0.15) is 0 Å². The molecule has 0 aromatic heterocycles. The van der Waals surface area contributed by atoms with Gasteiger partial charge in [0.25, 0.3) is 0 Å². The zero-order chi connectivity index (χ0) is 10.9. The number of carbonyl (C=O) groups is 1. The monoisotopic (exact) mass is 206 g/mol. The Kier molecular flexibility index (Phi) is 2.49. The van der Waals surface area contributed by atoms with Gasteiger partial charge in [-0.15, -0.1) is 0 Å². The molecule has 1 heterocycles. The quantitative estimate of drug-likeness (QED) is 0.561. The number of benzene rings is 1. The van der Waals surface area contributed by atoms with Crippen LogP contribution in [0.3, 0.4) is 0 Å². The van der Waals surface area contributed by atoms with Gasteiger partial charge in [-0.05, 0) is 31.5 Å². The summed E-state index contributed by atoms with van der Waals surface area (Å²) in [4.78, 5) is 11.4. The summed E-state index contributed by atoms with van der Waals surface area (Å²) >= 11 is 0. The molecule has 0 saturated carbocycles. The van der Waals surface area contributed by atoms with Crippen LogP contribution in [-0.4, -0.2) is 19.2 Å². The summed E-state index contributed by atoms with van der Waals surface area (Å²) < 4.78 is 10.2. The molecule has 0 amide bonds. The van der Waals surface area contributed by atoms with Gasteiger partial charge in [0, 0.05) is 0 Å². The van der Waals surface area contributed by atoms with E-state index in [2.05, 4.69) is 0 Å². The van der Waals surface area contributed by atoms with E-state index in [1.54, 1.807) is 19.1 Å². The van der Waals surface area contributed by atoms with E-state index < -0.39 is 0 Å². The predicted octanol–water partition coefficient (Wildman–Crippen LogP) is 2.11. The molecule has 0 bridgehead atoms. The van der Waals surface area contributed by atoms with Gasteiger partial charge in [0.1, 0.15) is 5.60 Å². The first kappa shape index (κ1) is 10.2. The van der Waals surface area contributed by atoms with Crippen molar-refractivity contribution in [3.05, 3.63) is 35.4 Å². The highest BCUT2D eigenvalue weighted by Gasteiger charge is 2.40. The van der Waals surface area contributed by atoms with Crippen LogP contribution in [0.1, 0.15) is 29.8 Å². The first-order valence-corrected chi connectivity index (χ1v) is 5.07. The largest absolute Gasteiger partial charge is 0.462 e. The molecule has 2 rings (SSSR count). The third-order valence-electron chi connectivity index (χ3n) is 2.58. The highest BCUT2D eigenvalue weighted by molar-refractivity contribution is 5.89. The Labute approximate surface area is 89.0 Å². The van der Waals surface area contributed by atoms with E-state index in [9.17, 15) is 4.79 Å². The predicted molar refractivity (Wildman–Crippen MR) is 55.7 cm³/mol. The standard InChI is InChI=1S/C12H14O3/c1-3-14-11(13)9-4-6-10(7-5-9)12(2)8-15-12/h4-7H,3,8H2,1-2H3/t12-/m1/s1. The van der Waals surface area contributed by atoms with Crippen LogP contribution in [0.4, 0.5) is 0 Å². The fourth-order valence-corrected chi connectivity index (χ4v) is 1.45. The van der Waals surface area contributed by atoms with Gasteiger partial charge >= 0.3 is 5.97 Å². The molecule has 1 fully saturated rings. The Morgan fingerprint density at radius 1 is 1.47 bits per heavy atom. The van der Waals surface area contributed by atoms with Gasteiger partial charge in [0.2, 0.25) is 0 Å². The molecule has 1 aromatic rings. The summed E-state index contributed by atoms with van der Waals surface area (Å²) in [6.45, 7) is 4.99. The lowest BCUT2D eigenvalue weighted by atomic mass is 10.0. The Morgan fingerprint density at radius 2 is 2.07 bits per heavy atom. The minimum atomic E-state index is -0.272. The minimum Gasteiger partial charge on any atom is -0.462 e. The lowest BCUT2D eigenvalue weighted by molar-refractivity contribution is 0.0526. The zero-order valence-corrected chi connectivity index (χ0v) is 8.95. The Bertz CT molecular complexity index is 363. The molecule has 0 radical (unpaired) electrons. The van der Waals surface area contributed by atoms with E-state index in [-0.39, 0.29) is 11.6 Å². The summed E-state index contributed by atoms with van der Waals surface area (Å²) in [5.41, 5.74) is 1.56. The van der Waals surface area contributed by atoms with Crippen LogP contribution in [0.15, 0.2) is 24.3 Å². The van der Waals surface area contributed by atoms with Crippen LogP contribution in [0, 0.1) is 0 Å². The van der Waals surface area contributed by atoms with Crippen LogP contribution in [0.25, 0.3) is 0 Å². The summed E-state index contributed by atoms with van der Waals surface area (Å²) in [6, 6.07) is 7.39. The number of rotatable bonds is 3. The summed E-state index contributed by atoms with van der Waals surface area (Å²) in [5.74, 6) is -0.272. The Hall–Kier alpha value is -1.35. The van der Waals surface area contributed by atoms with Crippen LogP contribution in [-0.2, 0) is 15.1 Å². The molecule has 0 N–H and O–H groups in total. The van der Waals surface area contributed by atoms with E-state index >= 15 is 0 Å². The molecule has 1 atom stereocenters. The SMILES string of the molecule is CCOC(=O)c1ccc([C@@]2(C)CO2)cc1. The molecular formula is C12H14O3. The molecule has 0 aliphatic carbocycles. The maximum absolute atomic E-state index is 11.4. The fraction of sp³-hybridized carbons (Fsp3) is 0.417.